The molecule has 0 aliphatic rings. The normalized spacial score (nSPS) is 11.4. The van der Waals surface area contributed by atoms with Crippen LogP contribution in [0.5, 0.6) is 0 Å². The molecule has 5 aromatic rings. The molecule has 0 aliphatic heterocycles. The second-order valence-corrected chi connectivity index (χ2v) is 6.69. The Morgan fingerprint density at radius 2 is 1.59 bits per heavy atom. The van der Waals surface area contributed by atoms with Gasteiger partial charge in [0, 0.05) is 5.56 Å². The molecule has 0 saturated heterocycles. The highest BCUT2D eigenvalue weighted by molar-refractivity contribution is 5.91. The minimum Gasteiger partial charge on any atom is -0.345 e. The Morgan fingerprint density at radius 3 is 2.44 bits per heavy atom. The summed E-state index contributed by atoms with van der Waals surface area (Å²) in [7, 11) is 1.92. The van der Waals surface area contributed by atoms with E-state index in [-0.39, 0.29) is 0 Å². The molecular weight excluding hydrogens is 334 g/mol. The van der Waals surface area contributed by atoms with Crippen molar-refractivity contribution in [3.8, 4) is 22.4 Å². The average Bonchev–Trinajstić information content (AvgIpc) is 3.36. The molecule has 2 heterocycles. The van der Waals surface area contributed by atoms with Gasteiger partial charge in [-0.15, -0.1) is 0 Å². The van der Waals surface area contributed by atoms with Crippen LogP contribution in [0.25, 0.3) is 44.2 Å². The maximum atomic E-state index is 4.41. The van der Waals surface area contributed by atoms with Crippen LogP contribution in [-0.2, 0) is 6.54 Å². The van der Waals surface area contributed by atoms with Gasteiger partial charge in [-0.3, -0.25) is 0 Å². The van der Waals surface area contributed by atoms with Gasteiger partial charge in [0.15, 0.2) is 0 Å². The summed E-state index contributed by atoms with van der Waals surface area (Å²) in [6, 6.07) is 19.4. The molecule has 0 spiro atoms. The third-order valence-electron chi connectivity index (χ3n) is 4.88. The van der Waals surface area contributed by atoms with Crippen molar-refractivity contribution in [1.82, 2.24) is 25.3 Å². The third kappa shape index (κ3) is 2.88. The predicted octanol–water partition coefficient (Wildman–Crippen LogP) is 4.49. The Hall–Kier alpha value is -3.44. The average molecular weight is 353 g/mol. The molecular formula is C22H19N5. The van der Waals surface area contributed by atoms with Crippen LogP contribution in [-0.4, -0.2) is 27.0 Å². The van der Waals surface area contributed by atoms with Crippen molar-refractivity contribution in [3.05, 3.63) is 72.9 Å². The number of aromatic nitrogens is 4. The lowest BCUT2D eigenvalue weighted by molar-refractivity contribution is 0.772. The van der Waals surface area contributed by atoms with E-state index in [1.807, 2.05) is 13.2 Å². The van der Waals surface area contributed by atoms with Crippen molar-refractivity contribution < 1.29 is 0 Å². The number of hydrogen-bond donors (Lipinski definition) is 3. The second kappa shape index (κ2) is 6.37. The topological polar surface area (TPSA) is 69.4 Å². The van der Waals surface area contributed by atoms with Gasteiger partial charge in [0.2, 0.25) is 0 Å². The lowest BCUT2D eigenvalue weighted by Crippen LogP contribution is -2.06. The molecule has 5 rings (SSSR count). The number of fused-ring (bicyclic) bond motifs is 2. The molecule has 5 nitrogen and oxygen atoms in total. The molecule has 0 saturated carbocycles. The standard InChI is InChI=1S/C22H19N5/c1-23-12-22-24-11-21(27-22)18-5-4-14-8-15(2-3-16(14)9-18)17-6-7-19-20(10-17)26-13-25-19/h2-11,13,23H,12H2,1H3,(H,24,27)(H,25,26). The van der Waals surface area contributed by atoms with Crippen LogP contribution in [0.3, 0.4) is 0 Å². The Morgan fingerprint density at radius 1 is 0.852 bits per heavy atom. The summed E-state index contributed by atoms with van der Waals surface area (Å²) >= 11 is 0. The summed E-state index contributed by atoms with van der Waals surface area (Å²) in [6.07, 6.45) is 3.62. The number of rotatable bonds is 4. The van der Waals surface area contributed by atoms with Crippen molar-refractivity contribution in [2.75, 3.05) is 7.05 Å². The van der Waals surface area contributed by atoms with Gasteiger partial charge >= 0.3 is 0 Å². The van der Waals surface area contributed by atoms with Gasteiger partial charge in [0.25, 0.3) is 0 Å². The molecule has 3 N–H and O–H groups in total. The first-order valence-corrected chi connectivity index (χ1v) is 8.96. The zero-order chi connectivity index (χ0) is 18.2. The Kier molecular flexibility index (Phi) is 3.73. The van der Waals surface area contributed by atoms with E-state index in [0.29, 0.717) is 0 Å². The van der Waals surface area contributed by atoms with Crippen molar-refractivity contribution >= 4 is 21.8 Å². The molecule has 0 radical (unpaired) electrons. The van der Waals surface area contributed by atoms with Crippen molar-refractivity contribution in [1.29, 1.82) is 0 Å². The maximum Gasteiger partial charge on any atom is 0.120 e. The van der Waals surface area contributed by atoms with Gasteiger partial charge < -0.3 is 15.3 Å². The Labute approximate surface area is 156 Å². The lowest BCUT2D eigenvalue weighted by Gasteiger charge is -2.06. The van der Waals surface area contributed by atoms with Gasteiger partial charge in [-0.1, -0.05) is 30.3 Å². The van der Waals surface area contributed by atoms with Crippen LogP contribution in [0.2, 0.25) is 0 Å². The highest BCUT2D eigenvalue weighted by atomic mass is 15.0. The zero-order valence-corrected chi connectivity index (χ0v) is 15.0. The summed E-state index contributed by atoms with van der Waals surface area (Å²) in [6.45, 7) is 0.734. The molecule has 0 unspecified atom stereocenters. The van der Waals surface area contributed by atoms with Gasteiger partial charge in [0.05, 0.1) is 35.8 Å². The Bertz CT molecular complexity index is 1250. The van der Waals surface area contributed by atoms with Crippen molar-refractivity contribution in [2.24, 2.45) is 0 Å². The second-order valence-electron chi connectivity index (χ2n) is 6.69. The van der Waals surface area contributed by atoms with Gasteiger partial charge in [-0.05, 0) is 53.2 Å². The van der Waals surface area contributed by atoms with Gasteiger partial charge in [0.1, 0.15) is 5.82 Å². The van der Waals surface area contributed by atoms with Gasteiger partial charge in [-0.25, -0.2) is 9.97 Å². The summed E-state index contributed by atoms with van der Waals surface area (Å²) < 4.78 is 0. The minimum atomic E-state index is 0.734. The fourth-order valence-corrected chi connectivity index (χ4v) is 3.47. The minimum absolute atomic E-state index is 0.734. The van der Waals surface area contributed by atoms with Crippen LogP contribution in [0.1, 0.15) is 5.82 Å². The molecule has 0 aliphatic carbocycles. The summed E-state index contributed by atoms with van der Waals surface area (Å²) in [5.41, 5.74) is 6.61. The highest BCUT2D eigenvalue weighted by Crippen LogP contribution is 2.29. The van der Waals surface area contributed by atoms with E-state index >= 15 is 0 Å². The van der Waals surface area contributed by atoms with Gasteiger partial charge in [-0.2, -0.15) is 0 Å². The van der Waals surface area contributed by atoms with Crippen LogP contribution in [0, 0.1) is 0 Å². The molecule has 27 heavy (non-hydrogen) atoms. The molecule has 132 valence electrons. The first-order valence-electron chi connectivity index (χ1n) is 8.96. The van der Waals surface area contributed by atoms with Crippen LogP contribution in [0.15, 0.2) is 67.1 Å². The number of nitrogens with one attached hydrogen (secondary N) is 3. The summed E-state index contributed by atoms with van der Waals surface area (Å²) in [5.74, 6) is 0.942. The largest absolute Gasteiger partial charge is 0.345 e. The molecule has 5 heteroatoms. The first-order chi connectivity index (χ1) is 13.3. The number of H-pyrrole nitrogens is 2. The highest BCUT2D eigenvalue weighted by Gasteiger charge is 2.06. The van der Waals surface area contributed by atoms with E-state index in [2.05, 4.69) is 79.9 Å². The van der Waals surface area contributed by atoms with E-state index in [0.717, 1.165) is 34.7 Å². The quantitative estimate of drug-likeness (QED) is 0.446. The molecule has 3 aromatic carbocycles. The number of benzene rings is 3. The molecule has 0 amide bonds. The molecule has 0 atom stereocenters. The van der Waals surface area contributed by atoms with E-state index in [4.69, 9.17) is 0 Å². The number of aromatic amines is 2. The smallest absolute Gasteiger partial charge is 0.120 e. The fourth-order valence-electron chi connectivity index (χ4n) is 3.47. The number of imidazole rings is 2. The number of nitrogens with zero attached hydrogens (tertiary/aromatic N) is 2. The van der Waals surface area contributed by atoms with E-state index in [1.54, 1.807) is 6.33 Å². The van der Waals surface area contributed by atoms with E-state index < -0.39 is 0 Å². The first kappa shape index (κ1) is 15.8. The Balaban J connectivity index is 1.52. The van der Waals surface area contributed by atoms with Crippen molar-refractivity contribution in [2.45, 2.75) is 6.54 Å². The lowest BCUT2D eigenvalue weighted by atomic mass is 9.99. The summed E-state index contributed by atoms with van der Waals surface area (Å²) in [5, 5.41) is 5.54. The molecule has 0 fully saturated rings. The fraction of sp³-hybridized carbons (Fsp3) is 0.0909. The van der Waals surface area contributed by atoms with Crippen LogP contribution in [0.4, 0.5) is 0 Å². The SMILES string of the molecule is CNCc1ncc(-c2ccc3cc(-c4ccc5nc[nH]c5c4)ccc3c2)[nH]1. The zero-order valence-electron chi connectivity index (χ0n) is 15.0. The summed E-state index contributed by atoms with van der Waals surface area (Å²) in [4.78, 5) is 15.2. The monoisotopic (exact) mass is 353 g/mol. The van der Waals surface area contributed by atoms with Crippen LogP contribution < -0.4 is 5.32 Å². The molecule has 2 aromatic heterocycles. The third-order valence-corrected chi connectivity index (χ3v) is 4.88. The van der Waals surface area contributed by atoms with Crippen molar-refractivity contribution in [3.63, 3.8) is 0 Å². The predicted molar refractivity (Wildman–Crippen MR) is 109 cm³/mol. The van der Waals surface area contributed by atoms with Crippen LogP contribution >= 0.6 is 0 Å². The molecule has 0 bridgehead atoms. The van der Waals surface area contributed by atoms with E-state index in [9.17, 15) is 0 Å². The number of hydrogen-bond acceptors (Lipinski definition) is 3. The maximum absolute atomic E-state index is 4.41. The van der Waals surface area contributed by atoms with E-state index in [1.165, 1.54) is 21.9 Å².